The van der Waals surface area contributed by atoms with Crippen molar-refractivity contribution in [1.29, 1.82) is 0 Å². The van der Waals surface area contributed by atoms with Gasteiger partial charge in [-0.25, -0.2) is 0 Å². The van der Waals surface area contributed by atoms with Crippen LogP contribution in [0.4, 0.5) is 0 Å². The number of hydrogen-bond donors (Lipinski definition) is 7. The van der Waals surface area contributed by atoms with Crippen LogP contribution in [-0.4, -0.2) is 68.1 Å². The smallest absolute Gasteiger partial charge is 0.0281 e. The molecule has 7 heteroatoms. The molecule has 0 unspecified atom stereocenters. The van der Waals surface area contributed by atoms with Crippen LogP contribution in [0.25, 0.3) is 0 Å². The van der Waals surface area contributed by atoms with Crippen LogP contribution in [0.15, 0.2) is 0 Å². The third kappa shape index (κ3) is 10.6. The maximum Gasteiger partial charge on any atom is 0.0281 e. The van der Waals surface area contributed by atoms with Gasteiger partial charge in [-0.15, -0.1) is 0 Å². The van der Waals surface area contributed by atoms with Crippen LogP contribution in [-0.2, 0) is 0 Å². The average molecular weight is 341 g/mol. The van der Waals surface area contributed by atoms with Crippen molar-refractivity contribution in [2.45, 2.75) is 32.0 Å². The topological polar surface area (TPSA) is 48.1 Å². The Labute approximate surface area is 141 Å². The number of thiol groups is 3. The molecule has 4 nitrogen and oxygen atoms in total. The first-order chi connectivity index (χ1) is 9.71. The summed E-state index contributed by atoms with van der Waals surface area (Å²) in [5.41, 5.74) is 0. The average Bonchev–Trinajstić information content (AvgIpc) is 2.48. The largest absolute Gasteiger partial charge is 0.315 e. The number of rotatable bonds is 14. The van der Waals surface area contributed by atoms with Gasteiger partial charge in [0, 0.05) is 55.0 Å². The number of likely N-dealkylation sites (N-methyl/N-ethyl adjacent to an activating group) is 2. The summed E-state index contributed by atoms with van der Waals surface area (Å²) in [6.07, 6.45) is 0. The second-order valence-corrected chi connectivity index (χ2v) is 5.92. The van der Waals surface area contributed by atoms with Crippen molar-refractivity contribution in [3.63, 3.8) is 0 Å². The summed E-state index contributed by atoms with van der Waals surface area (Å²) in [5, 5.41) is 13.8. The molecule has 0 rings (SSSR count). The molecule has 0 spiro atoms. The SMILES string of the molecule is CCNC[C@H](CS)NC[C@H](CS)NC[C@H](CS)NCC. The van der Waals surface area contributed by atoms with Gasteiger partial charge < -0.3 is 21.3 Å². The van der Waals surface area contributed by atoms with Crippen LogP contribution in [0.1, 0.15) is 13.8 Å². The molecule has 0 aliphatic rings. The quantitative estimate of drug-likeness (QED) is 0.232. The van der Waals surface area contributed by atoms with Crippen LogP contribution in [0.5, 0.6) is 0 Å². The number of nitrogens with one attached hydrogen (secondary N) is 4. The molecule has 0 bridgehead atoms. The van der Waals surface area contributed by atoms with E-state index < -0.39 is 0 Å². The van der Waals surface area contributed by atoms with Gasteiger partial charge in [-0.05, 0) is 13.1 Å². The first kappa shape index (κ1) is 20.9. The lowest BCUT2D eigenvalue weighted by Gasteiger charge is -2.24. The van der Waals surface area contributed by atoms with Crippen molar-refractivity contribution in [3.05, 3.63) is 0 Å². The van der Waals surface area contributed by atoms with Crippen molar-refractivity contribution >= 4 is 37.9 Å². The molecule has 4 N–H and O–H groups in total. The zero-order valence-electron chi connectivity index (χ0n) is 12.7. The molecule has 0 saturated carbocycles. The molecule has 0 aromatic rings. The Morgan fingerprint density at radius 1 is 0.650 bits per heavy atom. The Kier molecular flexibility index (Phi) is 15.5. The third-order valence-electron chi connectivity index (χ3n) is 3.10. The molecule has 0 radical (unpaired) electrons. The molecule has 0 aromatic heterocycles. The van der Waals surface area contributed by atoms with Crippen LogP contribution in [0.3, 0.4) is 0 Å². The zero-order chi connectivity index (χ0) is 15.2. The van der Waals surface area contributed by atoms with E-state index in [9.17, 15) is 0 Å². The van der Waals surface area contributed by atoms with Gasteiger partial charge in [-0.2, -0.15) is 37.9 Å². The molecule has 0 amide bonds. The summed E-state index contributed by atoms with van der Waals surface area (Å²) in [4.78, 5) is 0. The highest BCUT2D eigenvalue weighted by molar-refractivity contribution is 7.80. The predicted octanol–water partition coefficient (Wildman–Crippen LogP) is 0.280. The van der Waals surface area contributed by atoms with Crippen LogP contribution < -0.4 is 21.3 Å². The molecule has 20 heavy (non-hydrogen) atoms. The maximum atomic E-state index is 4.43. The molecule has 0 aliphatic carbocycles. The minimum Gasteiger partial charge on any atom is -0.315 e. The molecule has 3 atom stereocenters. The van der Waals surface area contributed by atoms with E-state index in [1.54, 1.807) is 0 Å². The Bertz CT molecular complexity index is 210. The molecule has 122 valence electrons. The van der Waals surface area contributed by atoms with Crippen molar-refractivity contribution < 1.29 is 0 Å². The van der Waals surface area contributed by atoms with E-state index in [1.165, 1.54) is 0 Å². The zero-order valence-corrected chi connectivity index (χ0v) is 15.4. The molecule has 0 saturated heterocycles. The van der Waals surface area contributed by atoms with Crippen LogP contribution in [0.2, 0.25) is 0 Å². The van der Waals surface area contributed by atoms with Gasteiger partial charge in [0.1, 0.15) is 0 Å². The van der Waals surface area contributed by atoms with Gasteiger partial charge in [-0.1, -0.05) is 13.8 Å². The molecule has 0 fully saturated rings. The molecule has 0 aromatic carbocycles. The summed E-state index contributed by atoms with van der Waals surface area (Å²) < 4.78 is 0. The summed E-state index contributed by atoms with van der Waals surface area (Å²) in [6.45, 7) is 8.98. The minimum atomic E-state index is 0.364. The van der Waals surface area contributed by atoms with Gasteiger partial charge in [0.25, 0.3) is 0 Å². The fourth-order valence-electron chi connectivity index (χ4n) is 1.83. The van der Waals surface area contributed by atoms with Crippen LogP contribution in [0, 0.1) is 0 Å². The molecular weight excluding hydrogens is 308 g/mol. The van der Waals surface area contributed by atoms with E-state index in [0.717, 1.165) is 50.0 Å². The van der Waals surface area contributed by atoms with Gasteiger partial charge in [0.15, 0.2) is 0 Å². The molecular formula is C13H32N4S3. The lowest BCUT2D eigenvalue weighted by atomic mass is 10.2. The van der Waals surface area contributed by atoms with Gasteiger partial charge in [0.2, 0.25) is 0 Å². The van der Waals surface area contributed by atoms with E-state index in [1.807, 2.05) is 0 Å². The first-order valence-corrected chi connectivity index (χ1v) is 9.34. The van der Waals surface area contributed by atoms with E-state index in [-0.39, 0.29) is 0 Å². The van der Waals surface area contributed by atoms with Crippen molar-refractivity contribution in [1.82, 2.24) is 21.3 Å². The normalized spacial score (nSPS) is 16.1. The van der Waals surface area contributed by atoms with E-state index in [0.29, 0.717) is 18.1 Å². The number of hydrogen-bond acceptors (Lipinski definition) is 7. The highest BCUT2D eigenvalue weighted by Crippen LogP contribution is 1.93. The Morgan fingerprint density at radius 3 is 1.50 bits per heavy atom. The Morgan fingerprint density at radius 2 is 1.10 bits per heavy atom. The standard InChI is InChI=1S/C13H32N4S3/c1-3-14-5-11(8-18)16-7-13(10-20)17-6-12(9-19)15-4-2/h11-20H,3-10H2,1-2H3/t11-,12-,13-/m1/s1. The van der Waals surface area contributed by atoms with Crippen molar-refractivity contribution in [3.8, 4) is 0 Å². The van der Waals surface area contributed by atoms with Gasteiger partial charge in [0.05, 0.1) is 0 Å². The van der Waals surface area contributed by atoms with E-state index in [4.69, 9.17) is 0 Å². The lowest BCUT2D eigenvalue weighted by Crippen LogP contribution is -2.50. The van der Waals surface area contributed by atoms with E-state index in [2.05, 4.69) is 73.0 Å². The van der Waals surface area contributed by atoms with Crippen LogP contribution >= 0.6 is 37.9 Å². The lowest BCUT2D eigenvalue weighted by molar-refractivity contribution is 0.431. The van der Waals surface area contributed by atoms with Crippen molar-refractivity contribution in [2.75, 3.05) is 50.0 Å². The maximum absolute atomic E-state index is 4.43. The van der Waals surface area contributed by atoms with Gasteiger partial charge in [-0.3, -0.25) is 0 Å². The molecule has 0 heterocycles. The fraction of sp³-hybridized carbons (Fsp3) is 1.00. The second-order valence-electron chi connectivity index (χ2n) is 4.82. The van der Waals surface area contributed by atoms with E-state index >= 15 is 0 Å². The summed E-state index contributed by atoms with van der Waals surface area (Å²) in [5.74, 6) is 2.50. The first-order valence-electron chi connectivity index (χ1n) is 7.45. The Hall–Kier alpha value is 0.890. The fourth-order valence-corrected chi connectivity index (χ4v) is 2.60. The summed E-state index contributed by atoms with van der Waals surface area (Å²) in [7, 11) is 0. The summed E-state index contributed by atoms with van der Waals surface area (Å²) >= 11 is 13.2. The van der Waals surface area contributed by atoms with Gasteiger partial charge >= 0.3 is 0 Å². The minimum absolute atomic E-state index is 0.364. The highest BCUT2D eigenvalue weighted by atomic mass is 32.1. The Balaban J connectivity index is 3.94. The predicted molar refractivity (Wildman–Crippen MR) is 101 cm³/mol. The summed E-state index contributed by atoms with van der Waals surface area (Å²) in [6, 6.07) is 1.17. The third-order valence-corrected chi connectivity index (χ3v) is 4.42. The molecule has 0 aliphatic heterocycles. The second kappa shape index (κ2) is 14.8. The monoisotopic (exact) mass is 340 g/mol. The highest BCUT2D eigenvalue weighted by Gasteiger charge is 2.12. The van der Waals surface area contributed by atoms with Crippen molar-refractivity contribution in [2.24, 2.45) is 0 Å².